The van der Waals surface area contributed by atoms with Crippen LogP contribution in [0.1, 0.15) is 55.1 Å². The molecule has 2 aliphatic rings. The van der Waals surface area contributed by atoms with Gasteiger partial charge < -0.3 is 8.98 Å². The van der Waals surface area contributed by atoms with E-state index >= 15 is 0 Å². The van der Waals surface area contributed by atoms with Gasteiger partial charge in [0.1, 0.15) is 17.4 Å². The summed E-state index contributed by atoms with van der Waals surface area (Å²) in [4.78, 5) is 1.21. The molecule has 2 aromatic rings. The van der Waals surface area contributed by atoms with Crippen molar-refractivity contribution in [2.45, 2.75) is 55.2 Å². The van der Waals surface area contributed by atoms with E-state index in [1.807, 2.05) is 13.0 Å². The van der Waals surface area contributed by atoms with Crippen LogP contribution in [0.4, 0.5) is 0 Å². The molecule has 19 heavy (non-hydrogen) atoms. The van der Waals surface area contributed by atoms with Gasteiger partial charge in [-0.2, -0.15) is 0 Å². The van der Waals surface area contributed by atoms with Crippen LogP contribution in [0.5, 0.6) is 0 Å². The highest BCUT2D eigenvalue weighted by Crippen LogP contribution is 2.45. The summed E-state index contributed by atoms with van der Waals surface area (Å²) in [7, 11) is 0. The van der Waals surface area contributed by atoms with Crippen LogP contribution in [0.15, 0.2) is 21.6 Å². The highest BCUT2D eigenvalue weighted by molar-refractivity contribution is 7.98. The average molecular weight is 275 g/mol. The topological polar surface area (TPSA) is 43.9 Å². The van der Waals surface area contributed by atoms with Gasteiger partial charge in [-0.05, 0) is 38.7 Å². The van der Waals surface area contributed by atoms with Gasteiger partial charge in [-0.3, -0.25) is 0 Å². The summed E-state index contributed by atoms with van der Waals surface area (Å²) in [5.74, 6) is 4.93. The molecule has 0 unspecified atom stereocenters. The first-order valence-electron chi connectivity index (χ1n) is 6.93. The van der Waals surface area contributed by atoms with Gasteiger partial charge in [-0.1, -0.05) is 0 Å². The molecule has 0 atom stereocenters. The van der Waals surface area contributed by atoms with Crippen LogP contribution in [0.25, 0.3) is 0 Å². The van der Waals surface area contributed by atoms with Crippen molar-refractivity contribution >= 4 is 11.8 Å². The standard InChI is InChI=1S/C14H17N3OS/c1-9-12(6-7-18-9)19-8-13-15-16-14(10-2-3-10)17(13)11-4-5-11/h6-7,10-11H,2-5,8H2,1H3. The van der Waals surface area contributed by atoms with Gasteiger partial charge in [-0.15, -0.1) is 22.0 Å². The fourth-order valence-corrected chi connectivity index (χ4v) is 3.34. The molecule has 0 aliphatic heterocycles. The Morgan fingerprint density at radius 3 is 2.79 bits per heavy atom. The number of rotatable bonds is 5. The Hall–Kier alpha value is -1.23. The number of nitrogens with zero attached hydrogens (tertiary/aromatic N) is 3. The average Bonchev–Trinajstić information content (AvgIpc) is 3.33. The van der Waals surface area contributed by atoms with E-state index in [0.717, 1.165) is 17.3 Å². The van der Waals surface area contributed by atoms with E-state index in [1.165, 1.54) is 36.4 Å². The SMILES string of the molecule is Cc1occc1SCc1nnc(C2CC2)n1C1CC1. The van der Waals surface area contributed by atoms with Crippen LogP contribution >= 0.6 is 11.8 Å². The van der Waals surface area contributed by atoms with Gasteiger partial charge in [0.25, 0.3) is 0 Å². The summed E-state index contributed by atoms with van der Waals surface area (Å²) in [6, 6.07) is 2.70. The number of aryl methyl sites for hydroxylation is 1. The quantitative estimate of drug-likeness (QED) is 0.781. The summed E-state index contributed by atoms with van der Waals surface area (Å²) in [6.07, 6.45) is 6.91. The number of aromatic nitrogens is 3. The van der Waals surface area contributed by atoms with Gasteiger partial charge in [-0.25, -0.2) is 0 Å². The lowest BCUT2D eigenvalue weighted by Gasteiger charge is -2.07. The summed E-state index contributed by atoms with van der Waals surface area (Å²) in [6.45, 7) is 2.00. The van der Waals surface area contributed by atoms with Crippen molar-refractivity contribution in [3.05, 3.63) is 29.7 Å². The first kappa shape index (κ1) is 11.6. The second-order valence-electron chi connectivity index (χ2n) is 5.48. The van der Waals surface area contributed by atoms with Gasteiger partial charge in [0.05, 0.1) is 12.0 Å². The van der Waals surface area contributed by atoms with Crippen molar-refractivity contribution < 1.29 is 4.42 Å². The second-order valence-corrected chi connectivity index (χ2v) is 6.50. The minimum Gasteiger partial charge on any atom is -0.468 e. The van der Waals surface area contributed by atoms with Crippen molar-refractivity contribution in [2.75, 3.05) is 0 Å². The Balaban J connectivity index is 1.55. The maximum atomic E-state index is 5.33. The molecule has 0 radical (unpaired) electrons. The predicted octanol–water partition coefficient (Wildman–Crippen LogP) is 3.68. The minimum absolute atomic E-state index is 0.673. The van der Waals surface area contributed by atoms with E-state index < -0.39 is 0 Å². The molecule has 0 bridgehead atoms. The fourth-order valence-electron chi connectivity index (χ4n) is 2.45. The molecule has 2 saturated carbocycles. The molecule has 5 heteroatoms. The molecule has 4 rings (SSSR count). The third kappa shape index (κ3) is 2.20. The van der Waals surface area contributed by atoms with Gasteiger partial charge in [0.2, 0.25) is 0 Å². The summed E-state index contributed by atoms with van der Waals surface area (Å²) in [5.41, 5.74) is 0. The van der Waals surface area contributed by atoms with Crippen molar-refractivity contribution in [2.24, 2.45) is 0 Å². The molecule has 2 fully saturated rings. The van der Waals surface area contributed by atoms with E-state index in [9.17, 15) is 0 Å². The number of furan rings is 1. The van der Waals surface area contributed by atoms with Crippen LogP contribution in [-0.2, 0) is 5.75 Å². The monoisotopic (exact) mass is 275 g/mol. The highest BCUT2D eigenvalue weighted by atomic mass is 32.2. The van der Waals surface area contributed by atoms with Crippen molar-refractivity contribution in [3.63, 3.8) is 0 Å². The van der Waals surface area contributed by atoms with Crippen LogP contribution in [0.2, 0.25) is 0 Å². The fraction of sp³-hybridized carbons (Fsp3) is 0.571. The van der Waals surface area contributed by atoms with Crippen molar-refractivity contribution in [3.8, 4) is 0 Å². The van der Waals surface area contributed by atoms with Crippen LogP contribution in [-0.4, -0.2) is 14.8 Å². The molecule has 2 aliphatic carbocycles. The molecule has 0 aromatic carbocycles. The molecule has 0 saturated heterocycles. The van der Waals surface area contributed by atoms with Gasteiger partial charge >= 0.3 is 0 Å². The molecule has 0 N–H and O–H groups in total. The van der Waals surface area contributed by atoms with E-state index in [0.29, 0.717) is 12.0 Å². The first-order chi connectivity index (χ1) is 9.33. The highest BCUT2D eigenvalue weighted by Gasteiger charge is 2.36. The van der Waals surface area contributed by atoms with Crippen molar-refractivity contribution in [1.82, 2.24) is 14.8 Å². The second kappa shape index (κ2) is 4.40. The Morgan fingerprint density at radius 2 is 2.16 bits per heavy atom. The largest absolute Gasteiger partial charge is 0.468 e. The Kier molecular flexibility index (Phi) is 2.69. The maximum absolute atomic E-state index is 5.33. The molecule has 100 valence electrons. The van der Waals surface area contributed by atoms with Gasteiger partial charge in [0, 0.05) is 16.9 Å². The lowest BCUT2D eigenvalue weighted by Crippen LogP contribution is -2.04. The zero-order valence-corrected chi connectivity index (χ0v) is 11.8. The third-order valence-electron chi connectivity index (χ3n) is 3.82. The molecule has 4 nitrogen and oxygen atoms in total. The Bertz CT molecular complexity index is 596. The molecular weight excluding hydrogens is 258 g/mol. The molecular formula is C14H17N3OS. The smallest absolute Gasteiger partial charge is 0.143 e. The number of thioether (sulfide) groups is 1. The van der Waals surface area contributed by atoms with Crippen LogP contribution in [0.3, 0.4) is 0 Å². The zero-order valence-electron chi connectivity index (χ0n) is 11.0. The van der Waals surface area contributed by atoms with Crippen LogP contribution in [0, 0.1) is 6.92 Å². The number of hydrogen-bond acceptors (Lipinski definition) is 4. The maximum Gasteiger partial charge on any atom is 0.143 e. The Morgan fingerprint density at radius 1 is 1.32 bits per heavy atom. The third-order valence-corrected chi connectivity index (χ3v) is 4.95. The molecule has 0 amide bonds. The summed E-state index contributed by atoms with van der Waals surface area (Å²) in [5, 5.41) is 8.87. The number of hydrogen-bond donors (Lipinski definition) is 0. The summed E-state index contributed by atoms with van der Waals surface area (Å²) >= 11 is 1.79. The molecule has 2 heterocycles. The Labute approximate surface area is 116 Å². The normalized spacial score (nSPS) is 19.0. The minimum atomic E-state index is 0.673. The van der Waals surface area contributed by atoms with E-state index in [-0.39, 0.29) is 0 Å². The molecule has 0 spiro atoms. The van der Waals surface area contributed by atoms with E-state index in [4.69, 9.17) is 4.42 Å². The van der Waals surface area contributed by atoms with Crippen LogP contribution < -0.4 is 0 Å². The van der Waals surface area contributed by atoms with Gasteiger partial charge in [0.15, 0.2) is 0 Å². The first-order valence-corrected chi connectivity index (χ1v) is 7.92. The summed E-state index contributed by atoms with van der Waals surface area (Å²) < 4.78 is 7.75. The predicted molar refractivity (Wildman–Crippen MR) is 73.3 cm³/mol. The zero-order chi connectivity index (χ0) is 12.8. The lowest BCUT2D eigenvalue weighted by molar-refractivity contribution is 0.527. The van der Waals surface area contributed by atoms with E-state index in [2.05, 4.69) is 14.8 Å². The van der Waals surface area contributed by atoms with E-state index in [1.54, 1.807) is 18.0 Å². The lowest BCUT2D eigenvalue weighted by atomic mass is 10.4. The molecule has 2 aromatic heterocycles. The van der Waals surface area contributed by atoms with Crippen molar-refractivity contribution in [1.29, 1.82) is 0 Å².